The number of anilines is 2. The second-order valence-electron chi connectivity index (χ2n) is 7.16. The first kappa shape index (κ1) is 17.5. The van der Waals surface area contributed by atoms with E-state index in [9.17, 15) is 14.4 Å². The van der Waals surface area contributed by atoms with Crippen LogP contribution in [0.2, 0.25) is 0 Å². The Balaban J connectivity index is 1.69. The van der Waals surface area contributed by atoms with E-state index in [2.05, 4.69) is 5.32 Å². The normalized spacial score (nSPS) is 18.1. The van der Waals surface area contributed by atoms with E-state index in [1.807, 2.05) is 13.0 Å². The molecule has 7 nitrogen and oxygen atoms in total. The molecule has 0 bridgehead atoms. The predicted octanol–water partition coefficient (Wildman–Crippen LogP) is 3.01. The van der Waals surface area contributed by atoms with E-state index in [0.29, 0.717) is 40.2 Å². The van der Waals surface area contributed by atoms with E-state index in [0.717, 1.165) is 5.56 Å². The third kappa shape index (κ3) is 2.69. The van der Waals surface area contributed by atoms with Crippen molar-refractivity contribution in [2.45, 2.75) is 19.3 Å². The number of likely N-dealkylation sites (N-methyl/N-ethyl adjacent to an activating group) is 1. The van der Waals surface area contributed by atoms with Crippen LogP contribution < -0.4 is 20.4 Å². The number of hydrogen-bond acceptors (Lipinski definition) is 5. The summed E-state index contributed by atoms with van der Waals surface area (Å²) in [6.45, 7) is 2.35. The summed E-state index contributed by atoms with van der Waals surface area (Å²) in [4.78, 5) is 39.3. The molecule has 0 radical (unpaired) electrons. The van der Waals surface area contributed by atoms with Crippen molar-refractivity contribution in [3.8, 4) is 5.75 Å². The Hall–Kier alpha value is -3.61. The van der Waals surface area contributed by atoms with Gasteiger partial charge >= 0.3 is 0 Å². The number of amides is 2. The van der Waals surface area contributed by atoms with Crippen LogP contribution in [0.1, 0.15) is 30.4 Å². The van der Waals surface area contributed by atoms with E-state index in [1.165, 1.54) is 6.26 Å². The van der Waals surface area contributed by atoms with Crippen LogP contribution in [0.15, 0.2) is 51.9 Å². The molecule has 0 saturated carbocycles. The summed E-state index contributed by atoms with van der Waals surface area (Å²) in [6, 6.07) is 10.6. The Labute approximate surface area is 165 Å². The Morgan fingerprint density at radius 3 is 2.79 bits per heavy atom. The van der Waals surface area contributed by atoms with Gasteiger partial charge in [0.2, 0.25) is 5.91 Å². The molecule has 1 aromatic heterocycles. The maximum Gasteiger partial charge on any atom is 0.265 e. The summed E-state index contributed by atoms with van der Waals surface area (Å²) in [7, 11) is 0. The van der Waals surface area contributed by atoms with Gasteiger partial charge in [-0.2, -0.15) is 0 Å². The Bertz CT molecular complexity index is 1230. The van der Waals surface area contributed by atoms with Crippen LogP contribution in [0.25, 0.3) is 11.0 Å². The number of para-hydroxylation sites is 1. The summed E-state index contributed by atoms with van der Waals surface area (Å²) in [5.74, 6) is -0.215. The molecule has 1 atom stereocenters. The van der Waals surface area contributed by atoms with Crippen LogP contribution in [0.5, 0.6) is 5.75 Å². The molecular weight excluding hydrogens is 372 g/mol. The fraction of sp³-hybridized carbons (Fsp3) is 0.227. The van der Waals surface area contributed by atoms with Gasteiger partial charge in [0.05, 0.1) is 17.3 Å². The molecule has 2 aliphatic rings. The first-order valence-corrected chi connectivity index (χ1v) is 9.48. The van der Waals surface area contributed by atoms with Gasteiger partial charge in [-0.05, 0) is 36.8 Å². The number of ether oxygens (including phenoxy) is 1. The molecular formula is C22H18N2O5. The SMILES string of the molecule is CCN1C(=O)COc2cc3c(cc21)NC(=O)C[C@@H]3c1coc2ccccc2c1=O. The molecule has 2 aromatic carbocycles. The lowest BCUT2D eigenvalue weighted by atomic mass is 9.84. The van der Waals surface area contributed by atoms with Crippen molar-refractivity contribution in [2.75, 3.05) is 23.4 Å². The average molecular weight is 390 g/mol. The van der Waals surface area contributed by atoms with E-state index < -0.39 is 5.92 Å². The molecule has 29 heavy (non-hydrogen) atoms. The highest BCUT2D eigenvalue weighted by Gasteiger charge is 2.33. The van der Waals surface area contributed by atoms with Gasteiger partial charge < -0.3 is 19.4 Å². The highest BCUT2D eigenvalue weighted by molar-refractivity contribution is 6.01. The maximum atomic E-state index is 13.1. The highest BCUT2D eigenvalue weighted by Crippen LogP contribution is 2.44. The first-order chi connectivity index (χ1) is 14.1. The van der Waals surface area contributed by atoms with Crippen LogP contribution in [0.4, 0.5) is 11.4 Å². The van der Waals surface area contributed by atoms with Crippen LogP contribution in [0, 0.1) is 0 Å². The predicted molar refractivity (Wildman–Crippen MR) is 108 cm³/mol. The van der Waals surface area contributed by atoms with Crippen molar-refractivity contribution in [3.63, 3.8) is 0 Å². The number of rotatable bonds is 2. The Morgan fingerprint density at radius 2 is 1.97 bits per heavy atom. The lowest BCUT2D eigenvalue weighted by Crippen LogP contribution is -2.39. The molecule has 2 amide bonds. The lowest BCUT2D eigenvalue weighted by molar-refractivity contribution is -0.121. The lowest BCUT2D eigenvalue weighted by Gasteiger charge is -2.32. The second-order valence-corrected chi connectivity index (χ2v) is 7.16. The minimum Gasteiger partial charge on any atom is -0.482 e. The largest absolute Gasteiger partial charge is 0.482 e. The number of benzene rings is 2. The molecule has 0 fully saturated rings. The van der Waals surface area contributed by atoms with E-state index in [4.69, 9.17) is 9.15 Å². The molecule has 0 unspecified atom stereocenters. The number of nitrogens with one attached hydrogen (secondary N) is 1. The summed E-state index contributed by atoms with van der Waals surface area (Å²) < 4.78 is 11.3. The number of hydrogen-bond donors (Lipinski definition) is 1. The van der Waals surface area contributed by atoms with Crippen LogP contribution >= 0.6 is 0 Å². The van der Waals surface area contributed by atoms with E-state index in [1.54, 1.807) is 35.2 Å². The topological polar surface area (TPSA) is 88.8 Å². The molecule has 0 aliphatic carbocycles. The van der Waals surface area contributed by atoms with Crippen LogP contribution in [0.3, 0.4) is 0 Å². The smallest absolute Gasteiger partial charge is 0.265 e. The summed E-state index contributed by atoms with van der Waals surface area (Å²) >= 11 is 0. The molecule has 0 spiro atoms. The highest BCUT2D eigenvalue weighted by atomic mass is 16.5. The third-order valence-corrected chi connectivity index (χ3v) is 5.51. The standard InChI is InChI=1S/C22H18N2O5/c1-2-24-17-9-16-14(7-19(17)29-11-21(24)26)13(8-20(25)23-16)15-10-28-18-6-4-3-5-12(18)22(15)27/h3-7,9-10,13H,2,8,11H2,1H3,(H,23,25)/t13-/m0/s1. The van der Waals surface area contributed by atoms with Gasteiger partial charge in [-0.15, -0.1) is 0 Å². The van der Waals surface area contributed by atoms with Gasteiger partial charge in [-0.25, -0.2) is 0 Å². The number of carbonyl (C=O) groups excluding carboxylic acids is 2. The minimum absolute atomic E-state index is 0.0330. The summed E-state index contributed by atoms with van der Waals surface area (Å²) in [5, 5.41) is 3.34. The number of fused-ring (bicyclic) bond motifs is 3. The Morgan fingerprint density at radius 1 is 1.14 bits per heavy atom. The third-order valence-electron chi connectivity index (χ3n) is 5.51. The summed E-state index contributed by atoms with van der Waals surface area (Å²) in [5.41, 5.74) is 2.76. The fourth-order valence-corrected chi connectivity index (χ4v) is 4.11. The molecule has 1 N–H and O–H groups in total. The quantitative estimate of drug-likeness (QED) is 0.727. The van der Waals surface area contributed by atoms with Gasteiger partial charge in [0.15, 0.2) is 12.0 Å². The zero-order chi connectivity index (χ0) is 20.1. The molecule has 5 rings (SSSR count). The van der Waals surface area contributed by atoms with Crippen LogP contribution in [-0.2, 0) is 9.59 Å². The van der Waals surface area contributed by atoms with Crippen LogP contribution in [-0.4, -0.2) is 25.0 Å². The summed E-state index contributed by atoms with van der Waals surface area (Å²) in [6.07, 6.45) is 1.57. The van der Waals surface area contributed by atoms with Crippen molar-refractivity contribution in [2.24, 2.45) is 0 Å². The van der Waals surface area contributed by atoms with Crippen molar-refractivity contribution in [1.82, 2.24) is 0 Å². The van der Waals surface area contributed by atoms with Crippen molar-refractivity contribution >= 4 is 34.2 Å². The maximum absolute atomic E-state index is 13.1. The number of nitrogens with zero attached hydrogens (tertiary/aromatic N) is 1. The monoisotopic (exact) mass is 390 g/mol. The first-order valence-electron chi connectivity index (χ1n) is 9.48. The molecule has 0 saturated heterocycles. The van der Waals surface area contributed by atoms with Crippen molar-refractivity contribution in [1.29, 1.82) is 0 Å². The van der Waals surface area contributed by atoms with Gasteiger partial charge in [0, 0.05) is 30.1 Å². The van der Waals surface area contributed by atoms with Gasteiger partial charge in [0.25, 0.3) is 5.91 Å². The minimum atomic E-state index is -0.457. The van der Waals surface area contributed by atoms with Crippen molar-refractivity contribution < 1.29 is 18.7 Å². The van der Waals surface area contributed by atoms with Gasteiger partial charge in [0.1, 0.15) is 11.3 Å². The van der Waals surface area contributed by atoms with Crippen molar-refractivity contribution in [3.05, 3.63) is 64.0 Å². The van der Waals surface area contributed by atoms with Gasteiger partial charge in [-0.3, -0.25) is 14.4 Å². The molecule has 7 heteroatoms. The molecule has 3 aromatic rings. The molecule has 2 aliphatic heterocycles. The van der Waals surface area contributed by atoms with Gasteiger partial charge in [-0.1, -0.05) is 12.1 Å². The second kappa shape index (κ2) is 6.48. The zero-order valence-corrected chi connectivity index (χ0v) is 15.7. The molecule has 146 valence electrons. The average Bonchev–Trinajstić information content (AvgIpc) is 2.72. The Kier molecular flexibility index (Phi) is 3.91. The number of carbonyl (C=O) groups is 2. The van der Waals surface area contributed by atoms with E-state index in [-0.39, 0.29) is 30.3 Å². The molecule has 3 heterocycles. The van der Waals surface area contributed by atoms with E-state index >= 15 is 0 Å². The zero-order valence-electron chi connectivity index (χ0n) is 15.7. The fourth-order valence-electron chi connectivity index (χ4n) is 4.11.